The smallest absolute Gasteiger partial charge is 0.352 e. The molecule has 0 spiro atoms. The molecule has 3 heterocycles. The fraction of sp³-hybridized carbons (Fsp3) is 0.316. The summed E-state index contributed by atoms with van der Waals surface area (Å²) in [5, 5.41) is 23.6. The van der Waals surface area contributed by atoms with Gasteiger partial charge in [0.2, 0.25) is 11.0 Å². The van der Waals surface area contributed by atoms with Crippen LogP contribution in [0.25, 0.3) is 0 Å². The van der Waals surface area contributed by atoms with Gasteiger partial charge in [-0.25, -0.2) is 4.79 Å². The molecule has 1 aromatic carbocycles. The average molecular weight is 493 g/mol. The molecule has 2 atom stereocenters. The number of β-lactam (4-membered cyclic amide) rings is 1. The lowest BCUT2D eigenvalue weighted by atomic mass is 10.0. The van der Waals surface area contributed by atoms with Gasteiger partial charge in [0, 0.05) is 24.2 Å². The molecule has 1 aromatic heterocycles. The molecular weight excluding hydrogens is 472 g/mol. The summed E-state index contributed by atoms with van der Waals surface area (Å²) in [5.41, 5.74) is 7.69. The zero-order valence-electron chi connectivity index (χ0n) is 16.9. The van der Waals surface area contributed by atoms with Gasteiger partial charge < -0.3 is 21.5 Å². The van der Waals surface area contributed by atoms with Crippen LogP contribution in [-0.4, -0.2) is 68.0 Å². The maximum atomic E-state index is 12.8. The number of carbonyl (C=O) groups is 3. The average Bonchev–Trinajstić information content (AvgIpc) is 3.25. The predicted octanol–water partition coefficient (Wildman–Crippen LogP) is 1.24. The molecule has 0 bridgehead atoms. The summed E-state index contributed by atoms with van der Waals surface area (Å²) in [5.74, 6) is -1.09. The van der Waals surface area contributed by atoms with Gasteiger partial charge in [-0.05, 0) is 17.2 Å². The molecule has 0 saturated carbocycles. The standard InChI is InChI=1S/C19H20N6O4S3/c1-21-18-23-24-19(32-18)31-8-10-7-30-16-13(15(27)25(16)14(10)17(28)29)22-12(26)6-9-4-2-3-5-11(9)20/h2-5,13,16H,6-8,20H2,1H3,(H,21,23)(H,22,26)(H,28,29)/t13?,16-/m0/s1. The molecule has 1 saturated heterocycles. The van der Waals surface area contributed by atoms with E-state index in [1.54, 1.807) is 31.3 Å². The van der Waals surface area contributed by atoms with Gasteiger partial charge in [0.05, 0.1) is 6.42 Å². The van der Waals surface area contributed by atoms with E-state index in [4.69, 9.17) is 5.73 Å². The first kappa shape index (κ1) is 22.4. The van der Waals surface area contributed by atoms with E-state index in [-0.39, 0.29) is 18.0 Å². The molecule has 13 heteroatoms. The van der Waals surface area contributed by atoms with Gasteiger partial charge in [-0.3, -0.25) is 14.5 Å². The van der Waals surface area contributed by atoms with Crippen molar-refractivity contribution in [1.82, 2.24) is 20.4 Å². The van der Waals surface area contributed by atoms with Crippen molar-refractivity contribution in [2.75, 3.05) is 29.6 Å². The SMILES string of the molecule is CNc1nnc(SCC2=C(C(=O)O)N3C(=O)C(NC(=O)Cc4ccccc4N)[C@@H]3SC2)s1. The van der Waals surface area contributed by atoms with Crippen LogP contribution < -0.4 is 16.4 Å². The summed E-state index contributed by atoms with van der Waals surface area (Å²) in [7, 11) is 1.75. The van der Waals surface area contributed by atoms with Crippen molar-refractivity contribution in [2.45, 2.75) is 22.2 Å². The number of nitrogen functional groups attached to an aromatic ring is 1. The van der Waals surface area contributed by atoms with E-state index in [0.29, 0.717) is 37.8 Å². The van der Waals surface area contributed by atoms with E-state index in [1.165, 1.54) is 39.8 Å². The van der Waals surface area contributed by atoms with Crippen LogP contribution >= 0.6 is 34.9 Å². The Kier molecular flexibility index (Phi) is 6.58. The number of aromatic nitrogens is 2. The Morgan fingerprint density at radius 2 is 2.12 bits per heavy atom. The van der Waals surface area contributed by atoms with Crippen LogP contribution in [0.1, 0.15) is 5.56 Å². The van der Waals surface area contributed by atoms with Crippen LogP contribution in [0.3, 0.4) is 0 Å². The first-order valence-electron chi connectivity index (χ1n) is 9.55. The lowest BCUT2D eigenvalue weighted by molar-refractivity contribution is -0.150. The van der Waals surface area contributed by atoms with Gasteiger partial charge in [-0.15, -0.1) is 22.0 Å². The number of carboxylic acids is 1. The summed E-state index contributed by atoms with van der Waals surface area (Å²) in [6, 6.07) is 6.27. The van der Waals surface area contributed by atoms with Crippen molar-refractivity contribution in [3.63, 3.8) is 0 Å². The summed E-state index contributed by atoms with van der Waals surface area (Å²) >= 11 is 4.19. The maximum absolute atomic E-state index is 12.8. The van der Waals surface area contributed by atoms with Crippen molar-refractivity contribution >= 4 is 63.5 Å². The lowest BCUT2D eigenvalue weighted by Gasteiger charge is -2.49. The van der Waals surface area contributed by atoms with Gasteiger partial charge in [-0.1, -0.05) is 41.3 Å². The molecule has 32 heavy (non-hydrogen) atoms. The van der Waals surface area contributed by atoms with Crippen LogP contribution in [0.5, 0.6) is 0 Å². The Morgan fingerprint density at radius 1 is 1.34 bits per heavy atom. The molecule has 10 nitrogen and oxygen atoms in total. The number of benzene rings is 1. The fourth-order valence-electron chi connectivity index (χ4n) is 3.40. The third-order valence-electron chi connectivity index (χ3n) is 4.96. The van der Waals surface area contributed by atoms with Crippen LogP contribution in [0.15, 0.2) is 39.9 Å². The van der Waals surface area contributed by atoms with E-state index in [0.717, 1.165) is 0 Å². The molecule has 1 fully saturated rings. The highest BCUT2D eigenvalue weighted by atomic mass is 32.2. The minimum absolute atomic E-state index is 0.0117. The largest absolute Gasteiger partial charge is 0.477 e. The second kappa shape index (κ2) is 9.38. The quantitative estimate of drug-likeness (QED) is 0.241. The molecule has 2 aromatic rings. The highest BCUT2D eigenvalue weighted by Crippen LogP contribution is 2.42. The highest BCUT2D eigenvalue weighted by Gasteiger charge is 2.54. The summed E-state index contributed by atoms with van der Waals surface area (Å²) in [6.07, 6.45) is 0.0494. The number of para-hydroxylation sites is 1. The summed E-state index contributed by atoms with van der Waals surface area (Å²) < 4.78 is 0.707. The van der Waals surface area contributed by atoms with E-state index >= 15 is 0 Å². The Balaban J connectivity index is 1.43. The second-order valence-electron chi connectivity index (χ2n) is 7.00. The van der Waals surface area contributed by atoms with E-state index in [2.05, 4.69) is 20.8 Å². The number of hydrogen-bond donors (Lipinski definition) is 4. The van der Waals surface area contributed by atoms with Gasteiger partial charge in [-0.2, -0.15) is 0 Å². The molecule has 0 aliphatic carbocycles. The number of rotatable bonds is 8. The molecule has 2 aliphatic rings. The monoisotopic (exact) mass is 492 g/mol. The minimum Gasteiger partial charge on any atom is -0.477 e. The second-order valence-corrected chi connectivity index (χ2v) is 10.3. The van der Waals surface area contributed by atoms with Crippen molar-refractivity contribution in [2.24, 2.45) is 0 Å². The van der Waals surface area contributed by atoms with Crippen molar-refractivity contribution in [1.29, 1.82) is 0 Å². The summed E-state index contributed by atoms with van der Waals surface area (Å²) in [6.45, 7) is 0. The third-order valence-corrected chi connectivity index (χ3v) is 8.46. The normalized spacial score (nSPS) is 19.9. The molecule has 2 aliphatic heterocycles. The van der Waals surface area contributed by atoms with Gasteiger partial charge in [0.25, 0.3) is 5.91 Å². The number of aliphatic carboxylic acids is 1. The molecular formula is C19H20N6O4S3. The first-order valence-corrected chi connectivity index (χ1v) is 12.4. The molecule has 1 unspecified atom stereocenters. The third kappa shape index (κ3) is 4.40. The lowest BCUT2D eigenvalue weighted by Crippen LogP contribution is -2.70. The zero-order chi connectivity index (χ0) is 22.8. The fourth-order valence-corrected chi connectivity index (χ4v) is 6.60. The van der Waals surface area contributed by atoms with Crippen LogP contribution in [0.4, 0.5) is 10.8 Å². The van der Waals surface area contributed by atoms with E-state index < -0.39 is 23.3 Å². The predicted molar refractivity (Wildman–Crippen MR) is 124 cm³/mol. The number of nitrogens with two attached hydrogens (primary N) is 1. The first-order chi connectivity index (χ1) is 15.4. The van der Waals surface area contributed by atoms with Crippen LogP contribution in [0, 0.1) is 0 Å². The minimum atomic E-state index is -1.16. The van der Waals surface area contributed by atoms with Gasteiger partial charge in [0.1, 0.15) is 17.1 Å². The number of amides is 2. The Bertz CT molecular complexity index is 1100. The molecule has 4 rings (SSSR count). The number of hydrogen-bond acceptors (Lipinski definition) is 10. The maximum Gasteiger partial charge on any atom is 0.352 e. The molecule has 168 valence electrons. The Morgan fingerprint density at radius 3 is 2.81 bits per heavy atom. The van der Waals surface area contributed by atoms with Crippen molar-refractivity contribution in [3.05, 3.63) is 41.1 Å². The highest BCUT2D eigenvalue weighted by molar-refractivity contribution is 8.01. The topological polar surface area (TPSA) is 151 Å². The number of nitrogens with zero attached hydrogens (tertiary/aromatic N) is 3. The molecule has 0 radical (unpaired) electrons. The molecule has 5 N–H and O–H groups in total. The number of carbonyl (C=O) groups excluding carboxylic acids is 2. The number of carboxylic acid groups (broad SMARTS) is 1. The number of fused-ring (bicyclic) bond motifs is 1. The van der Waals surface area contributed by atoms with E-state index in [9.17, 15) is 19.5 Å². The number of nitrogens with one attached hydrogen (secondary N) is 2. The van der Waals surface area contributed by atoms with Crippen molar-refractivity contribution in [3.8, 4) is 0 Å². The van der Waals surface area contributed by atoms with Crippen LogP contribution in [-0.2, 0) is 20.8 Å². The number of anilines is 2. The van der Waals surface area contributed by atoms with Crippen molar-refractivity contribution < 1.29 is 19.5 Å². The number of thioether (sulfide) groups is 2. The van der Waals surface area contributed by atoms with Gasteiger partial charge in [0.15, 0.2) is 4.34 Å². The molecule has 2 amide bonds. The van der Waals surface area contributed by atoms with E-state index in [1.807, 2.05) is 0 Å². The Labute approximate surface area is 196 Å². The Hall–Kier alpha value is -2.77. The zero-order valence-corrected chi connectivity index (χ0v) is 19.4. The van der Waals surface area contributed by atoms with Gasteiger partial charge >= 0.3 is 5.97 Å². The van der Waals surface area contributed by atoms with Crippen LogP contribution in [0.2, 0.25) is 0 Å². The summed E-state index contributed by atoms with van der Waals surface area (Å²) in [4.78, 5) is 38.5.